The number of thioether (sulfide) groups is 1. The molecule has 0 radical (unpaired) electrons. The van der Waals surface area contributed by atoms with Crippen LogP contribution in [-0.2, 0) is 0 Å². The molecule has 0 saturated heterocycles. The summed E-state index contributed by atoms with van der Waals surface area (Å²) in [6.07, 6.45) is 29.9. The lowest BCUT2D eigenvalue weighted by atomic mass is 9.64. The molecule has 1 aromatic heterocycles. The molecule has 0 bridgehead atoms. The van der Waals surface area contributed by atoms with E-state index in [-0.39, 0.29) is 5.92 Å². The van der Waals surface area contributed by atoms with Crippen LogP contribution in [0, 0.1) is 17.8 Å². The molecule has 0 amide bonds. The van der Waals surface area contributed by atoms with Gasteiger partial charge in [-0.3, -0.25) is 0 Å². The van der Waals surface area contributed by atoms with E-state index in [1.807, 2.05) is 30.0 Å². The molecule has 4 aromatic carbocycles. The molecule has 264 valence electrons. The van der Waals surface area contributed by atoms with E-state index in [0.29, 0.717) is 34.7 Å². The summed E-state index contributed by atoms with van der Waals surface area (Å²) in [7, 11) is 0. The highest BCUT2D eigenvalue weighted by molar-refractivity contribution is 8.00. The van der Waals surface area contributed by atoms with Gasteiger partial charge in [0.15, 0.2) is 17.5 Å². The van der Waals surface area contributed by atoms with Crippen LogP contribution in [0.5, 0.6) is 0 Å². The van der Waals surface area contributed by atoms with E-state index in [4.69, 9.17) is 15.0 Å². The summed E-state index contributed by atoms with van der Waals surface area (Å²) < 4.78 is 0. The largest absolute Gasteiger partial charge is 0.208 e. The zero-order valence-corrected chi connectivity index (χ0v) is 31.2. The predicted octanol–water partition coefficient (Wildman–Crippen LogP) is 12.5. The highest BCUT2D eigenvalue weighted by atomic mass is 32.2. The van der Waals surface area contributed by atoms with Crippen molar-refractivity contribution in [1.82, 2.24) is 15.0 Å². The van der Waals surface area contributed by atoms with Crippen molar-refractivity contribution < 1.29 is 0 Å². The van der Waals surface area contributed by atoms with Gasteiger partial charge < -0.3 is 0 Å². The van der Waals surface area contributed by atoms with Gasteiger partial charge in [0.25, 0.3) is 0 Å². The number of rotatable bonds is 5. The number of nitrogens with zero attached hydrogens (tertiary/aromatic N) is 3. The Bertz CT molecular complexity index is 2620. The van der Waals surface area contributed by atoms with Gasteiger partial charge in [-0.05, 0) is 76.0 Å². The van der Waals surface area contributed by atoms with Crippen molar-refractivity contribution in [3.63, 3.8) is 0 Å². The fourth-order valence-corrected chi connectivity index (χ4v) is 10.9. The fraction of sp³-hybridized carbons (Fsp3) is 0.157. The number of hydrogen-bond donors (Lipinski definition) is 0. The number of hydrogen-bond acceptors (Lipinski definition) is 4. The summed E-state index contributed by atoms with van der Waals surface area (Å²) in [4.78, 5) is 16.8. The van der Waals surface area contributed by atoms with E-state index < -0.39 is 0 Å². The van der Waals surface area contributed by atoms with Crippen LogP contribution in [0.1, 0.15) is 30.7 Å². The Morgan fingerprint density at radius 3 is 2.05 bits per heavy atom. The topological polar surface area (TPSA) is 38.7 Å². The molecule has 5 aromatic rings. The lowest BCUT2D eigenvalue weighted by Crippen LogP contribution is -2.27. The van der Waals surface area contributed by atoms with Crippen molar-refractivity contribution in [2.75, 3.05) is 0 Å². The minimum atomic E-state index is 0.247. The molecule has 0 N–H and O–H groups in total. The maximum atomic E-state index is 5.23. The molecule has 2 heterocycles. The van der Waals surface area contributed by atoms with Crippen molar-refractivity contribution in [2.45, 2.75) is 35.3 Å². The van der Waals surface area contributed by atoms with Crippen LogP contribution < -0.4 is 0 Å². The molecule has 4 heteroatoms. The van der Waals surface area contributed by atoms with Crippen molar-refractivity contribution in [2.24, 2.45) is 17.8 Å². The first kappa shape index (κ1) is 32.6. The van der Waals surface area contributed by atoms with Crippen LogP contribution in [0.3, 0.4) is 0 Å². The Morgan fingerprint density at radius 1 is 0.545 bits per heavy atom. The number of benzene rings is 4. The van der Waals surface area contributed by atoms with Gasteiger partial charge in [0.2, 0.25) is 0 Å². The molecule has 0 fully saturated rings. The second-order valence-corrected chi connectivity index (χ2v) is 16.5. The first-order chi connectivity index (χ1) is 27.2. The van der Waals surface area contributed by atoms with Crippen molar-refractivity contribution >= 4 is 11.8 Å². The molecule has 0 saturated carbocycles. The van der Waals surface area contributed by atoms with E-state index in [2.05, 4.69) is 152 Å². The summed E-state index contributed by atoms with van der Waals surface area (Å²) >= 11 is 1.98. The van der Waals surface area contributed by atoms with Crippen LogP contribution in [0.25, 0.3) is 45.3 Å². The zero-order chi connectivity index (χ0) is 36.3. The van der Waals surface area contributed by atoms with Crippen LogP contribution in [0.15, 0.2) is 203 Å². The van der Waals surface area contributed by atoms with Gasteiger partial charge in [0.05, 0.1) is 0 Å². The lowest BCUT2D eigenvalue weighted by Gasteiger charge is -2.40. The number of allylic oxidation sites excluding steroid dienone is 15. The van der Waals surface area contributed by atoms with Gasteiger partial charge in [0, 0.05) is 50.5 Å². The predicted molar refractivity (Wildman–Crippen MR) is 226 cm³/mol. The maximum absolute atomic E-state index is 5.23. The molecule has 0 spiro atoms. The summed E-state index contributed by atoms with van der Waals surface area (Å²) in [6, 6.07) is 36.0. The summed E-state index contributed by atoms with van der Waals surface area (Å²) in [5.41, 5.74) is 14.4. The monoisotopic (exact) mass is 725 g/mol. The normalized spacial score (nSPS) is 24.2. The van der Waals surface area contributed by atoms with Crippen LogP contribution in [0.2, 0.25) is 0 Å². The second kappa shape index (κ2) is 13.5. The van der Waals surface area contributed by atoms with Gasteiger partial charge >= 0.3 is 0 Å². The minimum Gasteiger partial charge on any atom is -0.208 e. The average molecular weight is 726 g/mol. The van der Waals surface area contributed by atoms with Gasteiger partial charge in [0.1, 0.15) is 0 Å². The molecule has 5 atom stereocenters. The summed E-state index contributed by atoms with van der Waals surface area (Å²) in [6.45, 7) is 0. The highest BCUT2D eigenvalue weighted by Gasteiger charge is 2.39. The summed E-state index contributed by atoms with van der Waals surface area (Å²) in [5.74, 6) is 3.63. The van der Waals surface area contributed by atoms with Gasteiger partial charge in [-0.25, -0.2) is 15.0 Å². The molecular weight excluding hydrogens is 687 g/mol. The Kier molecular flexibility index (Phi) is 7.98. The molecule has 3 nitrogen and oxygen atoms in total. The molecule has 5 unspecified atom stereocenters. The van der Waals surface area contributed by atoms with Crippen molar-refractivity contribution in [1.29, 1.82) is 0 Å². The van der Waals surface area contributed by atoms with E-state index in [1.54, 1.807) is 22.3 Å². The SMILES string of the molecule is C1=CC2C3=C(CCC=C3)C3=C(C=CC(C4=CC5Sc6cccc(-c7nc(-c8ccccc8)nc(-c8cccc(-c9ccccc9)c8)n7)c6C5C=C4)C3)C2C=C1. The van der Waals surface area contributed by atoms with E-state index in [0.717, 1.165) is 47.3 Å². The van der Waals surface area contributed by atoms with Crippen LogP contribution >= 0.6 is 11.8 Å². The lowest BCUT2D eigenvalue weighted by molar-refractivity contribution is 0.567. The fourth-order valence-electron chi connectivity index (χ4n) is 9.52. The first-order valence-corrected chi connectivity index (χ1v) is 20.5. The molecule has 1 aliphatic heterocycles. The quantitative estimate of drug-likeness (QED) is 0.181. The number of fused-ring (bicyclic) bond motifs is 7. The third-order valence-corrected chi connectivity index (χ3v) is 13.4. The van der Waals surface area contributed by atoms with E-state index in [1.165, 1.54) is 21.6 Å². The third kappa shape index (κ3) is 5.70. The van der Waals surface area contributed by atoms with Crippen LogP contribution in [-0.4, -0.2) is 20.2 Å². The smallest absolute Gasteiger partial charge is 0.164 e. The summed E-state index contributed by atoms with van der Waals surface area (Å²) in [5, 5.41) is 0.326. The molecule has 6 aliphatic rings. The highest BCUT2D eigenvalue weighted by Crippen LogP contribution is 2.54. The molecule has 5 aliphatic carbocycles. The van der Waals surface area contributed by atoms with E-state index in [9.17, 15) is 0 Å². The van der Waals surface area contributed by atoms with Crippen molar-refractivity contribution in [3.8, 4) is 45.3 Å². The Hall–Kier alpha value is -5.84. The van der Waals surface area contributed by atoms with Gasteiger partial charge in [-0.15, -0.1) is 11.8 Å². The Labute approximate surface area is 327 Å². The third-order valence-electron chi connectivity index (χ3n) is 12.1. The maximum Gasteiger partial charge on any atom is 0.164 e. The van der Waals surface area contributed by atoms with Crippen LogP contribution in [0.4, 0.5) is 0 Å². The second-order valence-electron chi connectivity index (χ2n) is 15.3. The Balaban J connectivity index is 0.935. The average Bonchev–Trinajstić information content (AvgIpc) is 3.65. The Morgan fingerprint density at radius 2 is 1.24 bits per heavy atom. The molecule has 55 heavy (non-hydrogen) atoms. The van der Waals surface area contributed by atoms with E-state index >= 15 is 0 Å². The first-order valence-electron chi connectivity index (χ1n) is 19.6. The van der Waals surface area contributed by atoms with Crippen molar-refractivity contribution in [3.05, 3.63) is 203 Å². The molecular formula is C51H39N3S. The number of aromatic nitrogens is 3. The minimum absolute atomic E-state index is 0.247. The molecule has 11 rings (SSSR count). The van der Waals surface area contributed by atoms with Gasteiger partial charge in [-0.1, -0.05) is 158 Å². The van der Waals surface area contributed by atoms with Gasteiger partial charge in [-0.2, -0.15) is 0 Å². The zero-order valence-electron chi connectivity index (χ0n) is 30.4. The standard InChI is InChI=1S/C51H39N3S/c1-3-13-32(14-4-1)34-17-11-18-37(29-34)50-52-49(33-15-5-2-6-16-33)53-51(54-50)44-23-12-24-46-48(44)43-28-26-36(31-47(43)55-46)35-25-27-42-40-21-8-7-19-38(40)39-20-9-10-22-41(39)45(42)30-35/h1-9,11-21,23-29,31,35,38,40,43,47H,10,22,30H2.